The average Bonchev–Trinajstić information content (AvgIpc) is 3.09. The first-order chi connectivity index (χ1) is 11.0. The Kier molecular flexibility index (Phi) is 5.95. The largest absolute Gasteiger partial charge is 0.466 e. The Labute approximate surface area is 137 Å². The molecular weight excluding hydrogens is 316 g/mol. The maximum Gasteiger partial charge on any atom is 0.314 e. The second-order valence-corrected chi connectivity index (χ2v) is 6.79. The van der Waals surface area contributed by atoms with Crippen LogP contribution in [0.25, 0.3) is 0 Å². The lowest BCUT2D eigenvalue weighted by Gasteiger charge is -2.21. The van der Waals surface area contributed by atoms with E-state index < -0.39 is 22.4 Å². The zero-order valence-corrected chi connectivity index (χ0v) is 13.6. The number of aliphatic hydroxyl groups is 1. The number of furan rings is 1. The van der Waals surface area contributed by atoms with Gasteiger partial charge in [0.05, 0.1) is 23.6 Å². The molecule has 0 unspecified atom stereocenters. The molecular formula is C16H20N2O4S. The average molecular weight is 336 g/mol. The Morgan fingerprint density at radius 3 is 2.61 bits per heavy atom. The third kappa shape index (κ3) is 5.22. The molecule has 0 saturated carbocycles. The van der Waals surface area contributed by atoms with Crippen LogP contribution in [0.1, 0.15) is 12.7 Å². The van der Waals surface area contributed by atoms with Gasteiger partial charge in [0.2, 0.25) is 0 Å². The van der Waals surface area contributed by atoms with E-state index in [9.17, 15) is 14.1 Å². The molecule has 0 aliphatic rings. The summed E-state index contributed by atoms with van der Waals surface area (Å²) in [7, 11) is -1.15. The molecule has 6 nitrogen and oxygen atoms in total. The van der Waals surface area contributed by atoms with E-state index >= 15 is 0 Å². The predicted molar refractivity (Wildman–Crippen MR) is 87.4 cm³/mol. The van der Waals surface area contributed by atoms with E-state index in [1.807, 2.05) is 18.2 Å². The van der Waals surface area contributed by atoms with Gasteiger partial charge in [-0.3, -0.25) is 4.21 Å². The Morgan fingerprint density at radius 2 is 1.96 bits per heavy atom. The fraction of sp³-hybridized carbons (Fsp3) is 0.312. The molecule has 2 aromatic rings. The van der Waals surface area contributed by atoms with Crippen LogP contribution in [0.4, 0.5) is 4.79 Å². The molecule has 0 aliphatic heterocycles. The highest BCUT2D eigenvalue weighted by molar-refractivity contribution is 7.85. The fourth-order valence-electron chi connectivity index (χ4n) is 1.93. The summed E-state index contributed by atoms with van der Waals surface area (Å²) < 4.78 is 17.1. The van der Waals surface area contributed by atoms with Crippen LogP contribution >= 0.6 is 0 Å². The Bertz CT molecular complexity index is 641. The molecule has 0 spiro atoms. The van der Waals surface area contributed by atoms with Gasteiger partial charge >= 0.3 is 6.03 Å². The summed E-state index contributed by atoms with van der Waals surface area (Å²) in [5, 5.41) is 15.4. The maximum absolute atomic E-state index is 12.0. The van der Waals surface area contributed by atoms with Gasteiger partial charge in [-0.1, -0.05) is 18.2 Å². The standard InChI is InChI=1S/C16H20N2O4S/c1-16(20,14-8-5-10-22-14)12-18-15(19)17-9-11-23(21)13-6-3-2-4-7-13/h2-8,10,20H,9,11-12H2,1H3,(H2,17,18,19)/t16-,23+/m0/s1. The van der Waals surface area contributed by atoms with Crippen LogP contribution in [-0.2, 0) is 16.4 Å². The quantitative estimate of drug-likeness (QED) is 0.716. The lowest BCUT2D eigenvalue weighted by atomic mass is 10.0. The number of nitrogens with one attached hydrogen (secondary N) is 2. The van der Waals surface area contributed by atoms with Crippen molar-refractivity contribution < 1.29 is 18.5 Å². The first-order valence-electron chi connectivity index (χ1n) is 7.20. The maximum atomic E-state index is 12.0. The van der Waals surface area contributed by atoms with Crippen LogP contribution in [0.15, 0.2) is 58.0 Å². The van der Waals surface area contributed by atoms with Crippen molar-refractivity contribution in [2.45, 2.75) is 17.4 Å². The molecule has 3 N–H and O–H groups in total. The first kappa shape index (κ1) is 17.2. The molecule has 0 aliphatic carbocycles. The minimum absolute atomic E-state index is 0.00806. The number of urea groups is 1. The zero-order valence-electron chi connectivity index (χ0n) is 12.8. The minimum atomic E-state index is -1.28. The third-order valence-electron chi connectivity index (χ3n) is 3.22. The minimum Gasteiger partial charge on any atom is -0.466 e. The number of rotatable bonds is 7. The molecule has 7 heteroatoms. The lowest BCUT2D eigenvalue weighted by Crippen LogP contribution is -2.44. The van der Waals surface area contributed by atoms with E-state index in [2.05, 4.69) is 10.6 Å². The molecule has 0 radical (unpaired) electrons. The highest BCUT2D eigenvalue weighted by atomic mass is 32.2. The van der Waals surface area contributed by atoms with E-state index in [-0.39, 0.29) is 13.1 Å². The lowest BCUT2D eigenvalue weighted by molar-refractivity contribution is 0.0368. The van der Waals surface area contributed by atoms with Crippen molar-refractivity contribution in [2.75, 3.05) is 18.8 Å². The van der Waals surface area contributed by atoms with E-state index in [4.69, 9.17) is 4.42 Å². The normalized spacial score (nSPS) is 14.7. The van der Waals surface area contributed by atoms with Crippen LogP contribution in [-0.4, -0.2) is 34.2 Å². The van der Waals surface area contributed by atoms with E-state index in [0.717, 1.165) is 4.90 Å². The molecule has 23 heavy (non-hydrogen) atoms. The number of hydrogen-bond acceptors (Lipinski definition) is 4. The Hall–Kier alpha value is -2.12. The van der Waals surface area contributed by atoms with Crippen molar-refractivity contribution in [2.24, 2.45) is 0 Å². The molecule has 2 amide bonds. The van der Waals surface area contributed by atoms with Gasteiger partial charge in [-0.05, 0) is 31.2 Å². The predicted octanol–water partition coefficient (Wildman–Crippen LogP) is 1.59. The SMILES string of the molecule is C[C@](O)(CNC(=O)NCC[S@@](=O)c1ccccc1)c1ccco1. The molecule has 0 bridgehead atoms. The van der Waals surface area contributed by atoms with Crippen LogP contribution in [0, 0.1) is 0 Å². The summed E-state index contributed by atoms with van der Waals surface area (Å²) in [6.07, 6.45) is 1.46. The number of benzene rings is 1. The molecule has 1 aromatic carbocycles. The molecule has 1 aromatic heterocycles. The van der Waals surface area contributed by atoms with Crippen molar-refractivity contribution >= 4 is 16.8 Å². The van der Waals surface area contributed by atoms with E-state index in [1.165, 1.54) is 6.26 Å². The molecule has 1 heterocycles. The highest BCUT2D eigenvalue weighted by Gasteiger charge is 2.26. The van der Waals surface area contributed by atoms with Gasteiger partial charge in [0.1, 0.15) is 11.4 Å². The molecule has 2 rings (SSSR count). The molecule has 0 fully saturated rings. The Morgan fingerprint density at radius 1 is 1.22 bits per heavy atom. The van der Waals surface area contributed by atoms with Crippen molar-refractivity contribution in [3.8, 4) is 0 Å². The van der Waals surface area contributed by atoms with Crippen molar-refractivity contribution in [3.05, 3.63) is 54.5 Å². The van der Waals surface area contributed by atoms with Gasteiger partial charge in [-0.15, -0.1) is 0 Å². The first-order valence-corrected chi connectivity index (χ1v) is 8.52. The summed E-state index contributed by atoms with van der Waals surface area (Å²) in [4.78, 5) is 12.4. The summed E-state index contributed by atoms with van der Waals surface area (Å²) >= 11 is 0. The topological polar surface area (TPSA) is 91.6 Å². The van der Waals surface area contributed by atoms with E-state index in [0.29, 0.717) is 11.5 Å². The summed E-state index contributed by atoms with van der Waals surface area (Å²) in [5.74, 6) is 0.703. The van der Waals surface area contributed by atoms with Gasteiger partial charge in [-0.2, -0.15) is 0 Å². The van der Waals surface area contributed by atoms with Crippen LogP contribution < -0.4 is 10.6 Å². The highest BCUT2D eigenvalue weighted by Crippen LogP contribution is 2.19. The van der Waals surface area contributed by atoms with Crippen molar-refractivity contribution in [1.82, 2.24) is 10.6 Å². The zero-order chi connectivity index (χ0) is 16.7. The second-order valence-electron chi connectivity index (χ2n) is 5.22. The smallest absolute Gasteiger partial charge is 0.314 e. The summed E-state index contributed by atoms with van der Waals surface area (Å²) in [6, 6.07) is 12.0. The van der Waals surface area contributed by atoms with E-state index in [1.54, 1.807) is 31.2 Å². The molecule has 2 atom stereocenters. The fourth-order valence-corrected chi connectivity index (χ4v) is 2.92. The van der Waals surface area contributed by atoms with Gasteiger partial charge in [0.25, 0.3) is 0 Å². The van der Waals surface area contributed by atoms with Crippen LogP contribution in [0.2, 0.25) is 0 Å². The number of hydrogen-bond donors (Lipinski definition) is 3. The monoisotopic (exact) mass is 336 g/mol. The van der Waals surface area contributed by atoms with Gasteiger partial charge in [0.15, 0.2) is 0 Å². The van der Waals surface area contributed by atoms with Gasteiger partial charge in [0, 0.05) is 17.2 Å². The Balaban J connectivity index is 1.70. The molecule has 0 saturated heterocycles. The summed E-state index contributed by atoms with van der Waals surface area (Å²) in [6.45, 7) is 1.83. The number of carbonyl (C=O) groups is 1. The van der Waals surface area contributed by atoms with Gasteiger partial charge < -0.3 is 20.2 Å². The number of amides is 2. The van der Waals surface area contributed by atoms with Crippen molar-refractivity contribution in [3.63, 3.8) is 0 Å². The second kappa shape index (κ2) is 7.94. The molecule has 124 valence electrons. The number of carbonyl (C=O) groups excluding carboxylic acids is 1. The van der Waals surface area contributed by atoms with Gasteiger partial charge in [-0.25, -0.2) is 4.79 Å². The van der Waals surface area contributed by atoms with Crippen LogP contribution in [0.5, 0.6) is 0 Å². The van der Waals surface area contributed by atoms with Crippen LogP contribution in [0.3, 0.4) is 0 Å². The van der Waals surface area contributed by atoms with Crippen molar-refractivity contribution in [1.29, 1.82) is 0 Å². The third-order valence-corrected chi connectivity index (χ3v) is 4.60. The summed E-state index contributed by atoms with van der Waals surface area (Å²) in [5.41, 5.74) is -1.28.